The van der Waals surface area contributed by atoms with E-state index in [1.54, 1.807) is 24.0 Å². The molecule has 1 aliphatic rings. The van der Waals surface area contributed by atoms with Gasteiger partial charge in [-0.2, -0.15) is 0 Å². The van der Waals surface area contributed by atoms with Crippen LogP contribution in [-0.2, 0) is 4.79 Å². The first-order chi connectivity index (χ1) is 13.5. The van der Waals surface area contributed by atoms with Gasteiger partial charge >= 0.3 is 0 Å². The Morgan fingerprint density at radius 2 is 1.71 bits per heavy atom. The predicted molar refractivity (Wildman–Crippen MR) is 119 cm³/mol. The maximum atomic E-state index is 13.5. The molecule has 0 radical (unpaired) electrons. The summed E-state index contributed by atoms with van der Waals surface area (Å²) in [6.07, 6.45) is 0.542. The number of benzene rings is 3. The molecule has 0 N–H and O–H groups in total. The number of hydrogen-bond acceptors (Lipinski definition) is 2. The monoisotopic (exact) mass is 484 g/mol. The highest BCUT2D eigenvalue weighted by Gasteiger charge is 2.30. The number of rotatable bonds is 2. The van der Waals surface area contributed by atoms with Gasteiger partial charge in [0, 0.05) is 16.9 Å². The van der Waals surface area contributed by atoms with Crippen LogP contribution in [-0.4, -0.2) is 11.6 Å². The fraction of sp³-hybridized carbons (Fsp3) is 0.130. The highest BCUT2D eigenvalue weighted by molar-refractivity contribution is 14.1. The molecule has 0 spiro atoms. The molecule has 4 rings (SSSR count). The first-order valence-corrected chi connectivity index (χ1v) is 10.1. The van der Waals surface area contributed by atoms with E-state index in [1.807, 2.05) is 48.5 Å². The summed E-state index contributed by atoms with van der Waals surface area (Å²) in [4.78, 5) is 19.3. The second kappa shape index (κ2) is 7.83. The lowest BCUT2D eigenvalue weighted by Gasteiger charge is -2.30. The highest BCUT2D eigenvalue weighted by atomic mass is 127. The lowest BCUT2D eigenvalue weighted by atomic mass is 9.96. The van der Waals surface area contributed by atoms with Crippen LogP contribution in [0.3, 0.4) is 0 Å². The topological polar surface area (TPSA) is 32.7 Å². The Labute approximate surface area is 177 Å². The summed E-state index contributed by atoms with van der Waals surface area (Å²) < 4.78 is 14.7. The van der Waals surface area contributed by atoms with E-state index in [9.17, 15) is 9.18 Å². The number of carbonyl (C=O) groups is 1. The van der Waals surface area contributed by atoms with Crippen molar-refractivity contribution in [2.45, 2.75) is 19.4 Å². The van der Waals surface area contributed by atoms with Gasteiger partial charge in [-0.25, -0.2) is 4.39 Å². The number of carbonyl (C=O) groups excluding carboxylic acids is 1. The second-order valence-electron chi connectivity index (χ2n) is 6.71. The zero-order chi connectivity index (χ0) is 19.7. The molecule has 1 aliphatic heterocycles. The molecule has 0 bridgehead atoms. The summed E-state index contributed by atoms with van der Waals surface area (Å²) in [6.45, 7) is 1.56. The molecule has 1 amide bonds. The Balaban J connectivity index is 1.89. The quantitative estimate of drug-likeness (QED) is 0.408. The van der Waals surface area contributed by atoms with Crippen LogP contribution in [0.2, 0.25) is 0 Å². The maximum Gasteiger partial charge on any atom is 0.224 e. The van der Waals surface area contributed by atoms with E-state index < -0.39 is 0 Å². The Hall–Kier alpha value is -2.54. The van der Waals surface area contributed by atoms with E-state index in [4.69, 9.17) is 4.99 Å². The molecule has 0 saturated carbocycles. The molecule has 3 nitrogen and oxygen atoms in total. The molecular weight excluding hydrogens is 466 g/mol. The molecule has 0 unspecified atom stereocenters. The van der Waals surface area contributed by atoms with Crippen molar-refractivity contribution in [2.75, 3.05) is 4.90 Å². The summed E-state index contributed by atoms with van der Waals surface area (Å²) in [6, 6.07) is 22.0. The molecule has 28 heavy (non-hydrogen) atoms. The molecule has 3 aromatic rings. The minimum Gasteiger partial charge on any atom is -0.303 e. The normalized spacial score (nSPS) is 16.2. The minimum absolute atomic E-state index is 0.0687. The van der Waals surface area contributed by atoms with Gasteiger partial charge in [0.1, 0.15) is 5.82 Å². The summed E-state index contributed by atoms with van der Waals surface area (Å²) in [5.74, 6) is -0.362. The molecule has 1 atom stereocenters. The Morgan fingerprint density at radius 1 is 1.04 bits per heavy atom. The predicted octanol–water partition coefficient (Wildman–Crippen LogP) is 6.05. The van der Waals surface area contributed by atoms with Crippen LogP contribution in [0.1, 0.15) is 30.5 Å². The van der Waals surface area contributed by atoms with Crippen LogP contribution in [0.15, 0.2) is 77.8 Å². The van der Waals surface area contributed by atoms with Crippen LogP contribution in [0.25, 0.3) is 0 Å². The smallest absolute Gasteiger partial charge is 0.224 e. The van der Waals surface area contributed by atoms with Crippen molar-refractivity contribution in [3.63, 3.8) is 0 Å². The fourth-order valence-electron chi connectivity index (χ4n) is 3.56. The van der Waals surface area contributed by atoms with Gasteiger partial charge in [-0.05, 0) is 70.1 Å². The number of hydrogen-bond donors (Lipinski definition) is 0. The van der Waals surface area contributed by atoms with Gasteiger partial charge in [-0.3, -0.25) is 9.79 Å². The summed E-state index contributed by atoms with van der Waals surface area (Å²) in [5.41, 5.74) is 4.34. The van der Waals surface area contributed by atoms with Crippen LogP contribution in [0.4, 0.5) is 15.8 Å². The van der Waals surface area contributed by atoms with E-state index in [2.05, 4.69) is 22.6 Å². The minimum atomic E-state index is -0.293. The van der Waals surface area contributed by atoms with E-state index in [0.717, 1.165) is 31.8 Å². The molecule has 0 aliphatic carbocycles. The van der Waals surface area contributed by atoms with Crippen molar-refractivity contribution in [3.8, 4) is 0 Å². The van der Waals surface area contributed by atoms with Gasteiger partial charge in [-0.15, -0.1) is 0 Å². The number of amides is 1. The van der Waals surface area contributed by atoms with Crippen molar-refractivity contribution in [1.29, 1.82) is 0 Å². The highest BCUT2D eigenvalue weighted by Crippen LogP contribution is 2.40. The number of fused-ring (bicyclic) bond motifs is 1. The van der Waals surface area contributed by atoms with Crippen LogP contribution >= 0.6 is 22.6 Å². The number of halogens is 2. The molecule has 5 heteroatoms. The molecular formula is C23H18FIN2O. The molecule has 140 valence electrons. The first kappa shape index (κ1) is 18.8. The molecule has 3 aromatic carbocycles. The first-order valence-electron chi connectivity index (χ1n) is 9.01. The van der Waals surface area contributed by atoms with Crippen molar-refractivity contribution in [3.05, 3.63) is 93.3 Å². The van der Waals surface area contributed by atoms with E-state index in [0.29, 0.717) is 6.42 Å². The number of anilines is 1. The van der Waals surface area contributed by atoms with Crippen LogP contribution < -0.4 is 4.90 Å². The standard InChI is InChI=1S/C23H18FIN2O/c1-15(28)27-22-5-3-2-4-20(22)26-21(16-8-12-19(25)13-9-16)14-23(27)17-6-10-18(24)11-7-17/h2-13,23H,14H2,1H3/t23-/m1/s1. The van der Waals surface area contributed by atoms with Crippen molar-refractivity contribution < 1.29 is 9.18 Å². The van der Waals surface area contributed by atoms with Gasteiger partial charge in [0.25, 0.3) is 0 Å². The summed E-state index contributed by atoms with van der Waals surface area (Å²) >= 11 is 2.28. The Morgan fingerprint density at radius 3 is 2.39 bits per heavy atom. The van der Waals surface area contributed by atoms with E-state index in [-0.39, 0.29) is 17.8 Å². The zero-order valence-corrected chi connectivity index (χ0v) is 17.4. The number of nitrogens with zero attached hydrogens (tertiary/aromatic N) is 2. The number of aliphatic imine (C=N–C) groups is 1. The maximum absolute atomic E-state index is 13.5. The fourth-order valence-corrected chi connectivity index (χ4v) is 3.92. The zero-order valence-electron chi connectivity index (χ0n) is 15.3. The molecule has 0 saturated heterocycles. The summed E-state index contributed by atoms with van der Waals surface area (Å²) in [5, 5.41) is 0. The Bertz CT molecular complexity index is 1040. The number of para-hydroxylation sites is 2. The third-order valence-electron chi connectivity index (χ3n) is 4.87. The van der Waals surface area contributed by atoms with Gasteiger partial charge in [0.05, 0.1) is 23.1 Å². The average Bonchev–Trinajstić information content (AvgIpc) is 2.86. The summed E-state index contributed by atoms with van der Waals surface area (Å²) in [7, 11) is 0. The van der Waals surface area contributed by atoms with E-state index >= 15 is 0 Å². The van der Waals surface area contributed by atoms with Crippen LogP contribution in [0, 0.1) is 9.39 Å². The third kappa shape index (κ3) is 3.71. The lowest BCUT2D eigenvalue weighted by molar-refractivity contribution is -0.117. The largest absolute Gasteiger partial charge is 0.303 e. The third-order valence-corrected chi connectivity index (χ3v) is 5.59. The molecule has 1 heterocycles. The van der Waals surface area contributed by atoms with Gasteiger partial charge in [0.15, 0.2) is 0 Å². The second-order valence-corrected chi connectivity index (χ2v) is 7.96. The molecule has 0 aromatic heterocycles. The lowest BCUT2D eigenvalue weighted by Crippen LogP contribution is -2.33. The Kier molecular flexibility index (Phi) is 5.26. The van der Waals surface area contributed by atoms with Crippen LogP contribution in [0.5, 0.6) is 0 Å². The SMILES string of the molecule is CC(=O)N1c2ccccc2N=C(c2ccc(I)cc2)C[C@@H]1c1ccc(F)cc1. The van der Waals surface area contributed by atoms with E-state index in [1.165, 1.54) is 12.1 Å². The average molecular weight is 484 g/mol. The van der Waals surface area contributed by atoms with Crippen molar-refractivity contribution in [2.24, 2.45) is 4.99 Å². The van der Waals surface area contributed by atoms with Gasteiger partial charge < -0.3 is 4.90 Å². The van der Waals surface area contributed by atoms with Crippen molar-refractivity contribution in [1.82, 2.24) is 0 Å². The molecule has 0 fully saturated rings. The van der Waals surface area contributed by atoms with Gasteiger partial charge in [0.2, 0.25) is 5.91 Å². The van der Waals surface area contributed by atoms with Crippen molar-refractivity contribution >= 4 is 45.6 Å². The van der Waals surface area contributed by atoms with Gasteiger partial charge in [-0.1, -0.05) is 36.4 Å².